The Morgan fingerprint density at radius 1 is 1.11 bits per heavy atom. The second kappa shape index (κ2) is 10.7. The molecule has 2 aliphatic heterocycles. The largest absolute Gasteiger partial charge is 0.349 e. The molecule has 2 saturated heterocycles. The first-order valence-corrected chi connectivity index (χ1v) is 9.98. The molecular formula is C21H32ClN3O2. The number of amides is 2. The Hall–Kier alpha value is -1.59. The topological polar surface area (TPSA) is 61.4 Å². The van der Waals surface area contributed by atoms with Gasteiger partial charge in [0.2, 0.25) is 5.91 Å². The third-order valence-electron chi connectivity index (χ3n) is 5.80. The van der Waals surface area contributed by atoms with Gasteiger partial charge in [-0.15, -0.1) is 12.4 Å². The van der Waals surface area contributed by atoms with Crippen LogP contribution >= 0.6 is 12.4 Å². The van der Waals surface area contributed by atoms with Gasteiger partial charge in [0.15, 0.2) is 0 Å². The molecule has 2 aliphatic rings. The summed E-state index contributed by atoms with van der Waals surface area (Å²) >= 11 is 0. The van der Waals surface area contributed by atoms with Crippen LogP contribution in [-0.2, 0) is 4.79 Å². The van der Waals surface area contributed by atoms with Crippen molar-refractivity contribution in [1.29, 1.82) is 0 Å². The molecule has 6 heteroatoms. The Morgan fingerprint density at radius 3 is 2.44 bits per heavy atom. The highest BCUT2D eigenvalue weighted by Gasteiger charge is 2.25. The molecule has 0 aliphatic carbocycles. The van der Waals surface area contributed by atoms with Gasteiger partial charge < -0.3 is 15.5 Å². The molecule has 1 aromatic carbocycles. The van der Waals surface area contributed by atoms with Crippen LogP contribution in [0.5, 0.6) is 0 Å². The molecule has 3 rings (SSSR count). The summed E-state index contributed by atoms with van der Waals surface area (Å²) in [5, 5.41) is 6.51. The third-order valence-corrected chi connectivity index (χ3v) is 5.80. The monoisotopic (exact) mass is 393 g/mol. The van der Waals surface area contributed by atoms with Gasteiger partial charge in [0.25, 0.3) is 5.91 Å². The summed E-state index contributed by atoms with van der Waals surface area (Å²) in [4.78, 5) is 26.9. The second-order valence-electron chi connectivity index (χ2n) is 7.68. The van der Waals surface area contributed by atoms with Gasteiger partial charge in [-0.1, -0.05) is 18.2 Å². The molecule has 2 N–H and O–H groups in total. The van der Waals surface area contributed by atoms with Crippen molar-refractivity contribution in [2.45, 2.75) is 51.5 Å². The molecule has 0 atom stereocenters. The molecule has 1 aromatic rings. The Morgan fingerprint density at radius 2 is 1.78 bits per heavy atom. The Kier molecular flexibility index (Phi) is 8.58. The lowest BCUT2D eigenvalue weighted by molar-refractivity contribution is -0.132. The summed E-state index contributed by atoms with van der Waals surface area (Å²) in [5.41, 5.74) is 1.74. The fraction of sp³-hybridized carbons (Fsp3) is 0.619. The average molecular weight is 394 g/mol. The van der Waals surface area contributed by atoms with Gasteiger partial charge in [-0.3, -0.25) is 9.59 Å². The number of rotatable bonds is 5. The lowest BCUT2D eigenvalue weighted by atomic mass is 9.93. The standard InChI is InChI=1S/C21H31N3O2.ClH/c1-16-4-2-3-5-19(16)21(26)23-18-10-14-24(15-11-18)20(25)7-6-17-8-12-22-13-9-17;/h2-5,17-18,22H,6-15H2,1H3,(H,23,26);1H. The van der Waals surface area contributed by atoms with E-state index in [1.54, 1.807) is 0 Å². The van der Waals surface area contributed by atoms with E-state index in [2.05, 4.69) is 10.6 Å². The van der Waals surface area contributed by atoms with E-state index in [9.17, 15) is 9.59 Å². The van der Waals surface area contributed by atoms with Crippen molar-refractivity contribution in [2.75, 3.05) is 26.2 Å². The summed E-state index contributed by atoms with van der Waals surface area (Å²) in [6, 6.07) is 7.82. The van der Waals surface area contributed by atoms with Crippen LogP contribution in [-0.4, -0.2) is 48.9 Å². The number of halogens is 1. The summed E-state index contributed by atoms with van der Waals surface area (Å²) < 4.78 is 0. The maximum Gasteiger partial charge on any atom is 0.251 e. The van der Waals surface area contributed by atoms with Crippen molar-refractivity contribution in [3.63, 3.8) is 0 Å². The van der Waals surface area contributed by atoms with Crippen LogP contribution in [0.15, 0.2) is 24.3 Å². The highest BCUT2D eigenvalue weighted by molar-refractivity contribution is 5.95. The molecule has 0 bridgehead atoms. The quantitative estimate of drug-likeness (QED) is 0.808. The smallest absolute Gasteiger partial charge is 0.251 e. The van der Waals surface area contributed by atoms with Crippen molar-refractivity contribution in [2.24, 2.45) is 5.92 Å². The molecule has 0 saturated carbocycles. The molecular weight excluding hydrogens is 362 g/mol. The van der Waals surface area contributed by atoms with E-state index in [1.807, 2.05) is 36.1 Å². The van der Waals surface area contributed by atoms with Crippen molar-refractivity contribution in [3.05, 3.63) is 35.4 Å². The molecule has 0 radical (unpaired) electrons. The summed E-state index contributed by atoms with van der Waals surface area (Å²) in [5.74, 6) is 0.983. The fourth-order valence-electron chi connectivity index (χ4n) is 4.02. The van der Waals surface area contributed by atoms with Crippen molar-refractivity contribution >= 4 is 24.2 Å². The van der Waals surface area contributed by atoms with Crippen LogP contribution in [0.25, 0.3) is 0 Å². The number of hydrogen-bond acceptors (Lipinski definition) is 3. The third kappa shape index (κ3) is 6.22. The Balaban J connectivity index is 0.00000261. The maximum atomic E-state index is 12.5. The van der Waals surface area contributed by atoms with E-state index in [-0.39, 0.29) is 30.3 Å². The summed E-state index contributed by atoms with van der Waals surface area (Å²) in [6.45, 7) is 5.64. The average Bonchev–Trinajstić information content (AvgIpc) is 2.68. The summed E-state index contributed by atoms with van der Waals surface area (Å²) in [6.07, 6.45) is 5.77. The number of benzene rings is 1. The number of nitrogens with one attached hydrogen (secondary N) is 2. The molecule has 2 fully saturated rings. The predicted molar refractivity (Wildman–Crippen MR) is 110 cm³/mol. The zero-order valence-electron chi connectivity index (χ0n) is 16.2. The van der Waals surface area contributed by atoms with Gasteiger partial charge in [0, 0.05) is 31.1 Å². The minimum atomic E-state index is -0.00113. The van der Waals surface area contributed by atoms with Crippen LogP contribution in [0, 0.1) is 12.8 Å². The van der Waals surface area contributed by atoms with Crippen molar-refractivity contribution in [3.8, 4) is 0 Å². The molecule has 27 heavy (non-hydrogen) atoms. The Labute approximate surface area is 168 Å². The first-order chi connectivity index (χ1) is 12.6. The van der Waals surface area contributed by atoms with Crippen molar-refractivity contribution < 1.29 is 9.59 Å². The fourth-order valence-corrected chi connectivity index (χ4v) is 4.02. The van der Waals surface area contributed by atoms with Gasteiger partial charge >= 0.3 is 0 Å². The van der Waals surface area contributed by atoms with E-state index in [1.165, 1.54) is 12.8 Å². The van der Waals surface area contributed by atoms with E-state index >= 15 is 0 Å². The van der Waals surface area contributed by atoms with Gasteiger partial charge in [-0.05, 0) is 69.7 Å². The van der Waals surface area contributed by atoms with Crippen molar-refractivity contribution in [1.82, 2.24) is 15.5 Å². The predicted octanol–water partition coefficient (Wildman–Crippen LogP) is 2.92. The van der Waals surface area contributed by atoms with Gasteiger partial charge in [0.05, 0.1) is 0 Å². The van der Waals surface area contributed by atoms with E-state index < -0.39 is 0 Å². The normalized spacial score (nSPS) is 18.6. The first kappa shape index (κ1) is 21.7. The van der Waals surface area contributed by atoms with Crippen LogP contribution in [0.3, 0.4) is 0 Å². The number of carbonyl (C=O) groups is 2. The highest BCUT2D eigenvalue weighted by atomic mass is 35.5. The Bertz CT molecular complexity index is 624. The lowest BCUT2D eigenvalue weighted by Gasteiger charge is -2.33. The van der Waals surface area contributed by atoms with Gasteiger partial charge in [-0.25, -0.2) is 0 Å². The van der Waals surface area contributed by atoms with Gasteiger partial charge in [0.1, 0.15) is 0 Å². The number of aryl methyl sites for hydroxylation is 1. The summed E-state index contributed by atoms with van der Waals surface area (Å²) in [7, 11) is 0. The SMILES string of the molecule is Cc1ccccc1C(=O)NC1CCN(C(=O)CCC2CCNCC2)CC1.Cl. The minimum absolute atomic E-state index is 0. The zero-order chi connectivity index (χ0) is 18.4. The number of hydrogen-bond donors (Lipinski definition) is 2. The number of likely N-dealkylation sites (tertiary alicyclic amines) is 1. The molecule has 0 spiro atoms. The molecule has 2 heterocycles. The van der Waals surface area contributed by atoms with Crippen LogP contribution < -0.4 is 10.6 Å². The highest BCUT2D eigenvalue weighted by Crippen LogP contribution is 2.20. The minimum Gasteiger partial charge on any atom is -0.349 e. The molecule has 0 unspecified atom stereocenters. The van der Waals surface area contributed by atoms with E-state index in [0.29, 0.717) is 12.3 Å². The van der Waals surface area contributed by atoms with Gasteiger partial charge in [-0.2, -0.15) is 0 Å². The molecule has 0 aromatic heterocycles. The lowest BCUT2D eigenvalue weighted by Crippen LogP contribution is -2.46. The molecule has 5 nitrogen and oxygen atoms in total. The number of nitrogens with zero attached hydrogens (tertiary/aromatic N) is 1. The van der Waals surface area contributed by atoms with E-state index in [4.69, 9.17) is 0 Å². The molecule has 150 valence electrons. The molecule has 2 amide bonds. The van der Waals surface area contributed by atoms with Crippen LogP contribution in [0.1, 0.15) is 54.4 Å². The maximum absolute atomic E-state index is 12.5. The van der Waals surface area contributed by atoms with Crippen LogP contribution in [0.4, 0.5) is 0 Å². The van der Waals surface area contributed by atoms with E-state index in [0.717, 1.165) is 56.6 Å². The van der Waals surface area contributed by atoms with Crippen LogP contribution in [0.2, 0.25) is 0 Å². The number of carbonyl (C=O) groups excluding carboxylic acids is 2. The first-order valence-electron chi connectivity index (χ1n) is 9.98. The second-order valence-corrected chi connectivity index (χ2v) is 7.68. The number of piperidine rings is 2. The zero-order valence-corrected chi connectivity index (χ0v) is 17.0.